The molecule has 1 amide bonds. The summed E-state index contributed by atoms with van der Waals surface area (Å²) >= 11 is 0. The maximum atomic E-state index is 12.9. The van der Waals surface area contributed by atoms with E-state index in [-0.39, 0.29) is 30.9 Å². The number of hydrogen-bond donors (Lipinski definition) is 2. The van der Waals surface area contributed by atoms with E-state index in [1.807, 2.05) is 43.3 Å². The van der Waals surface area contributed by atoms with E-state index in [9.17, 15) is 13.2 Å². The van der Waals surface area contributed by atoms with Crippen LogP contribution in [0.25, 0.3) is 0 Å². The van der Waals surface area contributed by atoms with E-state index in [4.69, 9.17) is 4.74 Å². The number of methoxy groups -OCH3 is 1. The highest BCUT2D eigenvalue weighted by Crippen LogP contribution is 2.30. The summed E-state index contributed by atoms with van der Waals surface area (Å²) < 4.78 is 28.8. The molecule has 2 rings (SSSR count). The van der Waals surface area contributed by atoms with Gasteiger partial charge in [-0.15, -0.1) is 24.8 Å². The van der Waals surface area contributed by atoms with Crippen LogP contribution in [-0.4, -0.2) is 71.1 Å². The molecule has 10 heteroatoms. The van der Waals surface area contributed by atoms with Gasteiger partial charge in [0.25, 0.3) is 0 Å². The third-order valence-electron chi connectivity index (χ3n) is 5.11. The number of carbonyl (C=O) groups is 1. The number of amides is 1. The third kappa shape index (κ3) is 5.73. The summed E-state index contributed by atoms with van der Waals surface area (Å²) in [7, 11) is 1.92. The van der Waals surface area contributed by atoms with Crippen molar-refractivity contribution in [3.63, 3.8) is 0 Å². The van der Waals surface area contributed by atoms with E-state index in [2.05, 4.69) is 10.6 Å². The molecule has 0 bridgehead atoms. The van der Waals surface area contributed by atoms with Gasteiger partial charge in [0.2, 0.25) is 5.91 Å². The molecule has 28 heavy (non-hydrogen) atoms. The fraction of sp³-hybridized carbons (Fsp3) is 0.611. The number of nitrogens with one attached hydrogen (secondary N) is 2. The lowest BCUT2D eigenvalue weighted by atomic mass is 9.95. The standard InChI is InChI=1S/C18H29N3O4S.2ClH/c1-21(2)15(14-7-5-6-8-16(14)25-3)13-20-17(22)18(26(4,23)24)9-11-19-12-10-18;;/h5-8,15,19H,9-13H2,1-4H3,(H,20,22);2*1H. The summed E-state index contributed by atoms with van der Waals surface area (Å²) in [4.78, 5) is 14.9. The van der Waals surface area contributed by atoms with E-state index < -0.39 is 20.5 Å². The molecule has 2 N–H and O–H groups in total. The molecule has 1 saturated heterocycles. The van der Waals surface area contributed by atoms with Gasteiger partial charge in [0.05, 0.1) is 13.2 Å². The van der Waals surface area contributed by atoms with E-state index in [0.717, 1.165) is 17.6 Å². The first-order chi connectivity index (χ1) is 12.2. The van der Waals surface area contributed by atoms with Crippen LogP contribution >= 0.6 is 24.8 Å². The van der Waals surface area contributed by atoms with Crippen LogP contribution < -0.4 is 15.4 Å². The molecular formula is C18H31Cl2N3O4S. The summed E-state index contributed by atoms with van der Waals surface area (Å²) in [5.41, 5.74) is 0.944. The van der Waals surface area contributed by atoms with Gasteiger partial charge in [-0.2, -0.15) is 0 Å². The second-order valence-corrected chi connectivity index (χ2v) is 9.27. The molecule has 0 spiro atoms. The number of hydrogen-bond acceptors (Lipinski definition) is 6. The molecule has 0 aliphatic carbocycles. The Labute approximate surface area is 180 Å². The lowest BCUT2D eigenvalue weighted by molar-refractivity contribution is -0.124. The zero-order valence-electron chi connectivity index (χ0n) is 16.7. The van der Waals surface area contributed by atoms with Gasteiger partial charge >= 0.3 is 0 Å². The molecule has 0 radical (unpaired) electrons. The molecule has 162 valence electrons. The van der Waals surface area contributed by atoms with Crippen LogP contribution in [0.4, 0.5) is 0 Å². The topological polar surface area (TPSA) is 87.7 Å². The van der Waals surface area contributed by atoms with Gasteiger partial charge in [-0.05, 0) is 46.1 Å². The minimum Gasteiger partial charge on any atom is -0.496 e. The van der Waals surface area contributed by atoms with E-state index in [1.54, 1.807) is 7.11 Å². The number of piperidine rings is 1. The van der Waals surface area contributed by atoms with Crippen LogP contribution in [0.1, 0.15) is 24.4 Å². The van der Waals surface area contributed by atoms with Crippen molar-refractivity contribution in [1.82, 2.24) is 15.5 Å². The van der Waals surface area contributed by atoms with E-state index in [0.29, 0.717) is 32.5 Å². The molecular weight excluding hydrogens is 425 g/mol. The summed E-state index contributed by atoms with van der Waals surface area (Å²) in [6.45, 7) is 1.34. The molecule has 1 aliphatic rings. The Morgan fingerprint density at radius 1 is 1.25 bits per heavy atom. The number of para-hydroxylation sites is 1. The Morgan fingerprint density at radius 3 is 2.32 bits per heavy atom. The number of carbonyl (C=O) groups excluding carboxylic acids is 1. The predicted octanol–water partition coefficient (Wildman–Crippen LogP) is 1.42. The number of likely N-dealkylation sites (N-methyl/N-ethyl adjacent to an activating group) is 1. The zero-order chi connectivity index (χ0) is 19.4. The Morgan fingerprint density at radius 2 is 1.82 bits per heavy atom. The number of nitrogens with zero attached hydrogens (tertiary/aromatic N) is 1. The Kier molecular flexibility index (Phi) is 10.8. The van der Waals surface area contributed by atoms with Crippen LogP contribution in [0.15, 0.2) is 24.3 Å². The Hall–Kier alpha value is -1.06. The third-order valence-corrected chi connectivity index (χ3v) is 7.13. The maximum Gasteiger partial charge on any atom is 0.241 e. The van der Waals surface area contributed by atoms with Gasteiger partial charge < -0.3 is 20.3 Å². The molecule has 1 unspecified atom stereocenters. The van der Waals surface area contributed by atoms with Crippen LogP contribution in [0.2, 0.25) is 0 Å². The number of ether oxygens (including phenoxy) is 1. The monoisotopic (exact) mass is 455 g/mol. The summed E-state index contributed by atoms with van der Waals surface area (Å²) in [5.74, 6) is 0.323. The van der Waals surface area contributed by atoms with Crippen molar-refractivity contribution in [2.45, 2.75) is 23.6 Å². The molecule has 7 nitrogen and oxygen atoms in total. The van der Waals surface area contributed by atoms with Crippen molar-refractivity contribution < 1.29 is 17.9 Å². The first-order valence-electron chi connectivity index (χ1n) is 8.71. The van der Waals surface area contributed by atoms with Gasteiger partial charge in [-0.1, -0.05) is 18.2 Å². The SMILES string of the molecule is COc1ccccc1C(CNC(=O)C1(S(C)(=O)=O)CCNCC1)N(C)C.Cl.Cl. The fourth-order valence-corrected chi connectivity index (χ4v) is 4.81. The van der Waals surface area contributed by atoms with Gasteiger partial charge in [0.15, 0.2) is 14.6 Å². The van der Waals surface area contributed by atoms with E-state index >= 15 is 0 Å². The van der Waals surface area contributed by atoms with E-state index in [1.165, 1.54) is 0 Å². The van der Waals surface area contributed by atoms with Gasteiger partial charge in [-0.25, -0.2) is 8.42 Å². The van der Waals surface area contributed by atoms with Crippen molar-refractivity contribution in [3.05, 3.63) is 29.8 Å². The molecule has 1 aromatic carbocycles. The minimum absolute atomic E-state index is 0. The number of rotatable bonds is 7. The number of halogens is 2. The molecule has 1 aromatic rings. The molecule has 1 aliphatic heterocycles. The maximum absolute atomic E-state index is 12.9. The van der Waals surface area contributed by atoms with Crippen LogP contribution in [-0.2, 0) is 14.6 Å². The number of benzene rings is 1. The first kappa shape index (κ1) is 26.9. The van der Waals surface area contributed by atoms with Crippen LogP contribution in [0.3, 0.4) is 0 Å². The largest absolute Gasteiger partial charge is 0.496 e. The average Bonchev–Trinajstić information content (AvgIpc) is 2.61. The summed E-state index contributed by atoms with van der Waals surface area (Å²) in [6.07, 6.45) is 1.74. The number of sulfone groups is 1. The average molecular weight is 456 g/mol. The Balaban J connectivity index is 0.00000364. The highest BCUT2D eigenvalue weighted by molar-refractivity contribution is 7.92. The van der Waals surface area contributed by atoms with Crippen LogP contribution in [0.5, 0.6) is 5.75 Å². The lowest BCUT2D eigenvalue weighted by Gasteiger charge is -2.35. The quantitative estimate of drug-likeness (QED) is 0.646. The van der Waals surface area contributed by atoms with Gasteiger partial charge in [0, 0.05) is 18.4 Å². The highest BCUT2D eigenvalue weighted by atomic mass is 35.5. The van der Waals surface area contributed by atoms with Crippen LogP contribution in [0, 0.1) is 0 Å². The second-order valence-electron chi connectivity index (χ2n) is 6.95. The fourth-order valence-electron chi connectivity index (χ4n) is 3.46. The van der Waals surface area contributed by atoms with Crippen molar-refractivity contribution in [2.24, 2.45) is 0 Å². The summed E-state index contributed by atoms with van der Waals surface area (Å²) in [6, 6.07) is 7.50. The molecule has 1 heterocycles. The van der Waals surface area contributed by atoms with Crippen molar-refractivity contribution in [2.75, 3.05) is 47.1 Å². The predicted molar refractivity (Wildman–Crippen MR) is 117 cm³/mol. The highest BCUT2D eigenvalue weighted by Gasteiger charge is 2.48. The smallest absolute Gasteiger partial charge is 0.241 e. The molecule has 0 saturated carbocycles. The summed E-state index contributed by atoms with van der Waals surface area (Å²) in [5, 5.41) is 6.01. The van der Waals surface area contributed by atoms with Crippen molar-refractivity contribution in [3.8, 4) is 5.75 Å². The normalized spacial score (nSPS) is 17.0. The zero-order valence-corrected chi connectivity index (χ0v) is 19.2. The molecule has 1 fully saturated rings. The second kappa shape index (κ2) is 11.2. The molecule has 1 atom stereocenters. The minimum atomic E-state index is -3.52. The first-order valence-corrected chi connectivity index (χ1v) is 10.6. The van der Waals surface area contributed by atoms with Gasteiger partial charge in [0.1, 0.15) is 5.75 Å². The van der Waals surface area contributed by atoms with Crippen molar-refractivity contribution in [1.29, 1.82) is 0 Å². The Bertz CT molecular complexity index is 738. The lowest BCUT2D eigenvalue weighted by Crippen LogP contribution is -2.58. The van der Waals surface area contributed by atoms with Gasteiger partial charge in [-0.3, -0.25) is 4.79 Å². The van der Waals surface area contributed by atoms with Crippen molar-refractivity contribution >= 4 is 40.6 Å². The molecule has 0 aromatic heterocycles.